The molecule has 1 N–H and O–H groups in total. The molecule has 1 aromatic heterocycles. The van der Waals surface area contributed by atoms with Gasteiger partial charge in [-0.15, -0.1) is 0 Å². The predicted octanol–water partition coefficient (Wildman–Crippen LogP) is 2.43. The molecule has 0 saturated carbocycles. The molecule has 4 nitrogen and oxygen atoms in total. The van der Waals surface area contributed by atoms with Crippen LogP contribution in [0.3, 0.4) is 0 Å². The largest absolute Gasteiger partial charge is 0.382 e. The van der Waals surface area contributed by atoms with Crippen molar-refractivity contribution >= 4 is 0 Å². The van der Waals surface area contributed by atoms with Gasteiger partial charge < -0.3 is 10.1 Å². The van der Waals surface area contributed by atoms with Crippen LogP contribution in [-0.2, 0) is 17.8 Å². The van der Waals surface area contributed by atoms with Crippen molar-refractivity contribution in [2.24, 2.45) is 0 Å². The highest BCUT2D eigenvalue weighted by Gasteiger charge is 2.10. The number of nitrogens with zero attached hydrogens (tertiary/aromatic N) is 2. The highest BCUT2D eigenvalue weighted by molar-refractivity contribution is 5.24. The van der Waals surface area contributed by atoms with Gasteiger partial charge in [-0.25, -0.2) is 0 Å². The summed E-state index contributed by atoms with van der Waals surface area (Å²) >= 11 is 0. The van der Waals surface area contributed by atoms with Crippen LogP contribution in [0.25, 0.3) is 0 Å². The van der Waals surface area contributed by atoms with E-state index in [2.05, 4.69) is 35.9 Å². The van der Waals surface area contributed by atoms with Crippen LogP contribution in [-0.4, -0.2) is 29.5 Å². The molecular weight excluding hydrogens is 226 g/mol. The van der Waals surface area contributed by atoms with E-state index < -0.39 is 0 Å². The normalized spacial score (nSPS) is 11.1. The molecular formula is C14H27N3O. The lowest BCUT2D eigenvalue weighted by atomic mass is 10.2. The Labute approximate surface area is 111 Å². The summed E-state index contributed by atoms with van der Waals surface area (Å²) < 4.78 is 7.47. The summed E-state index contributed by atoms with van der Waals surface area (Å²) in [4.78, 5) is 0. The van der Waals surface area contributed by atoms with Crippen molar-refractivity contribution in [3.05, 3.63) is 17.0 Å². The third-order valence-corrected chi connectivity index (χ3v) is 3.12. The third-order valence-electron chi connectivity index (χ3n) is 3.12. The van der Waals surface area contributed by atoms with E-state index in [9.17, 15) is 0 Å². The molecule has 0 fully saturated rings. The van der Waals surface area contributed by atoms with Gasteiger partial charge in [-0.05, 0) is 40.2 Å². The van der Waals surface area contributed by atoms with Crippen LogP contribution >= 0.6 is 0 Å². The Morgan fingerprint density at radius 2 is 2.06 bits per heavy atom. The van der Waals surface area contributed by atoms with Crippen molar-refractivity contribution in [3.63, 3.8) is 0 Å². The quantitative estimate of drug-likeness (QED) is 0.687. The molecule has 0 aromatic carbocycles. The van der Waals surface area contributed by atoms with E-state index in [4.69, 9.17) is 4.74 Å². The number of ether oxygens (including phenoxy) is 1. The molecule has 0 saturated heterocycles. The minimum Gasteiger partial charge on any atom is -0.382 e. The molecule has 0 radical (unpaired) electrons. The first kappa shape index (κ1) is 15.2. The molecule has 104 valence electrons. The lowest BCUT2D eigenvalue weighted by Gasteiger charge is -2.06. The molecule has 18 heavy (non-hydrogen) atoms. The molecule has 4 heteroatoms. The smallest absolute Gasteiger partial charge is 0.0641 e. The SMILES string of the molecule is CCCNCc1c(C)nn(CCCOCC)c1C. The monoisotopic (exact) mass is 253 g/mol. The topological polar surface area (TPSA) is 39.1 Å². The van der Waals surface area contributed by atoms with Crippen molar-refractivity contribution in [1.82, 2.24) is 15.1 Å². The van der Waals surface area contributed by atoms with Gasteiger partial charge in [0.05, 0.1) is 5.69 Å². The first-order valence-electron chi connectivity index (χ1n) is 7.02. The molecule has 0 atom stereocenters. The maximum Gasteiger partial charge on any atom is 0.0641 e. The standard InChI is InChI=1S/C14H27N3O/c1-5-8-15-11-14-12(3)16-17(13(14)4)9-7-10-18-6-2/h15H,5-11H2,1-4H3. The summed E-state index contributed by atoms with van der Waals surface area (Å²) in [7, 11) is 0. The van der Waals surface area contributed by atoms with Crippen LogP contribution in [0.15, 0.2) is 0 Å². The Morgan fingerprint density at radius 3 is 2.72 bits per heavy atom. The summed E-state index contributed by atoms with van der Waals surface area (Å²) in [6.07, 6.45) is 2.19. The van der Waals surface area contributed by atoms with Gasteiger partial charge >= 0.3 is 0 Å². The van der Waals surface area contributed by atoms with Crippen molar-refractivity contribution in [3.8, 4) is 0 Å². The van der Waals surface area contributed by atoms with E-state index in [1.165, 1.54) is 17.7 Å². The van der Waals surface area contributed by atoms with E-state index >= 15 is 0 Å². The fraction of sp³-hybridized carbons (Fsp3) is 0.786. The molecule has 0 aliphatic carbocycles. The van der Waals surface area contributed by atoms with E-state index in [1.807, 2.05) is 6.92 Å². The number of nitrogens with one attached hydrogen (secondary N) is 1. The zero-order valence-electron chi connectivity index (χ0n) is 12.3. The Bertz CT molecular complexity index is 347. The zero-order valence-corrected chi connectivity index (χ0v) is 12.3. The molecule has 1 rings (SSSR count). The van der Waals surface area contributed by atoms with Gasteiger partial charge in [0.25, 0.3) is 0 Å². The fourth-order valence-corrected chi connectivity index (χ4v) is 2.06. The highest BCUT2D eigenvalue weighted by atomic mass is 16.5. The van der Waals surface area contributed by atoms with Gasteiger partial charge in [-0.3, -0.25) is 4.68 Å². The molecule has 1 heterocycles. The molecule has 0 aliphatic heterocycles. The van der Waals surface area contributed by atoms with Gasteiger partial charge in [0, 0.05) is 37.6 Å². The molecule has 0 aliphatic rings. The summed E-state index contributed by atoms with van der Waals surface area (Å²) in [5.74, 6) is 0. The zero-order chi connectivity index (χ0) is 13.4. The lowest BCUT2D eigenvalue weighted by Crippen LogP contribution is -2.15. The van der Waals surface area contributed by atoms with Crippen LogP contribution in [0, 0.1) is 13.8 Å². The number of hydrogen-bond acceptors (Lipinski definition) is 3. The third kappa shape index (κ3) is 4.42. The molecule has 0 amide bonds. The fourth-order valence-electron chi connectivity index (χ4n) is 2.06. The van der Waals surface area contributed by atoms with Gasteiger partial charge in [0.1, 0.15) is 0 Å². The number of rotatable bonds is 9. The van der Waals surface area contributed by atoms with Crippen LogP contribution in [0.2, 0.25) is 0 Å². The molecule has 0 spiro atoms. The van der Waals surface area contributed by atoms with Gasteiger partial charge in [-0.1, -0.05) is 6.92 Å². The second-order valence-electron chi connectivity index (χ2n) is 4.60. The number of aryl methyl sites for hydroxylation is 2. The van der Waals surface area contributed by atoms with E-state index in [0.29, 0.717) is 0 Å². The van der Waals surface area contributed by atoms with Crippen molar-refractivity contribution in [1.29, 1.82) is 0 Å². The second kappa shape index (κ2) is 8.27. The van der Waals surface area contributed by atoms with Crippen LogP contribution in [0.1, 0.15) is 43.6 Å². The summed E-state index contributed by atoms with van der Waals surface area (Å²) in [5.41, 5.74) is 3.78. The predicted molar refractivity (Wildman–Crippen MR) is 74.8 cm³/mol. The van der Waals surface area contributed by atoms with Crippen molar-refractivity contribution in [2.45, 2.75) is 53.6 Å². The van der Waals surface area contributed by atoms with Crippen LogP contribution < -0.4 is 5.32 Å². The van der Waals surface area contributed by atoms with Crippen molar-refractivity contribution in [2.75, 3.05) is 19.8 Å². The first-order valence-corrected chi connectivity index (χ1v) is 7.02. The lowest BCUT2D eigenvalue weighted by molar-refractivity contribution is 0.140. The summed E-state index contributed by atoms with van der Waals surface area (Å²) in [6.45, 7) is 13.0. The maximum absolute atomic E-state index is 5.36. The summed E-state index contributed by atoms with van der Waals surface area (Å²) in [6, 6.07) is 0. The second-order valence-corrected chi connectivity index (χ2v) is 4.60. The minimum atomic E-state index is 0.795. The first-order chi connectivity index (χ1) is 8.70. The molecule has 0 unspecified atom stereocenters. The van der Waals surface area contributed by atoms with Gasteiger partial charge in [-0.2, -0.15) is 5.10 Å². The Hall–Kier alpha value is -0.870. The van der Waals surface area contributed by atoms with Gasteiger partial charge in [0.2, 0.25) is 0 Å². The average Bonchev–Trinajstić information content (AvgIpc) is 2.62. The Morgan fingerprint density at radius 1 is 1.28 bits per heavy atom. The Balaban J connectivity index is 2.51. The van der Waals surface area contributed by atoms with Gasteiger partial charge in [0.15, 0.2) is 0 Å². The van der Waals surface area contributed by atoms with Crippen molar-refractivity contribution < 1.29 is 4.74 Å². The maximum atomic E-state index is 5.36. The highest BCUT2D eigenvalue weighted by Crippen LogP contribution is 2.13. The van der Waals surface area contributed by atoms with E-state index in [-0.39, 0.29) is 0 Å². The number of aromatic nitrogens is 2. The Kier molecular flexibility index (Phi) is 6.98. The molecule has 1 aromatic rings. The van der Waals surface area contributed by atoms with E-state index in [0.717, 1.165) is 45.0 Å². The average molecular weight is 253 g/mol. The van der Waals surface area contributed by atoms with E-state index in [1.54, 1.807) is 0 Å². The van der Waals surface area contributed by atoms with Crippen LogP contribution in [0.5, 0.6) is 0 Å². The summed E-state index contributed by atoms with van der Waals surface area (Å²) in [5, 5.41) is 8.05. The van der Waals surface area contributed by atoms with Crippen LogP contribution in [0.4, 0.5) is 0 Å². The molecule has 0 bridgehead atoms. The minimum absolute atomic E-state index is 0.795. The number of hydrogen-bond donors (Lipinski definition) is 1.